The maximum atomic E-state index is 11.4. The number of carbonyl (C=O) groups is 1. The number of furan rings is 1. The number of hydrogen-bond acceptors (Lipinski definition) is 5. The number of benzene rings is 1. The highest BCUT2D eigenvalue weighted by atomic mass is 127. The van der Waals surface area contributed by atoms with Gasteiger partial charge in [0, 0.05) is 28.7 Å². The fourth-order valence-electron chi connectivity index (χ4n) is 1.94. The molecule has 0 radical (unpaired) electrons. The summed E-state index contributed by atoms with van der Waals surface area (Å²) < 4.78 is 11.9. The molecule has 5 nitrogen and oxygen atoms in total. The van der Waals surface area contributed by atoms with Crippen LogP contribution < -0.4 is 5.32 Å². The zero-order valence-electron chi connectivity index (χ0n) is 11.7. The van der Waals surface area contributed by atoms with Crippen molar-refractivity contribution in [3.05, 3.63) is 51.5 Å². The number of esters is 1. The van der Waals surface area contributed by atoms with E-state index in [-0.39, 0.29) is 6.61 Å². The van der Waals surface area contributed by atoms with Gasteiger partial charge in [-0.05, 0) is 52.9 Å². The van der Waals surface area contributed by atoms with Gasteiger partial charge in [0.2, 0.25) is 5.72 Å². The van der Waals surface area contributed by atoms with Gasteiger partial charge in [-0.15, -0.1) is 0 Å². The predicted molar refractivity (Wildman–Crippen MR) is 86.5 cm³/mol. The minimum Gasteiger partial charge on any atom is -0.463 e. The molecule has 0 spiro atoms. The molecule has 2 N–H and O–H groups in total. The highest BCUT2D eigenvalue weighted by Gasteiger charge is 2.33. The van der Waals surface area contributed by atoms with Crippen molar-refractivity contribution < 1.29 is 19.1 Å². The molecule has 1 atom stereocenters. The molecule has 0 fully saturated rings. The SMILES string of the molecule is CC(=O)OC(C)(Nc1ccc(I)cc1)c1cc(CO)co1. The Kier molecular flexibility index (Phi) is 4.89. The van der Waals surface area contributed by atoms with Crippen LogP contribution >= 0.6 is 22.6 Å². The first-order valence-corrected chi connectivity index (χ1v) is 7.43. The van der Waals surface area contributed by atoms with E-state index in [0.29, 0.717) is 11.3 Å². The first kappa shape index (κ1) is 15.8. The maximum Gasteiger partial charge on any atom is 0.305 e. The first-order valence-electron chi connectivity index (χ1n) is 6.35. The molecule has 0 amide bonds. The average molecular weight is 401 g/mol. The van der Waals surface area contributed by atoms with Gasteiger partial charge in [0.25, 0.3) is 0 Å². The van der Waals surface area contributed by atoms with Gasteiger partial charge in [0.05, 0.1) is 12.9 Å². The second-order valence-corrected chi connectivity index (χ2v) is 5.98. The van der Waals surface area contributed by atoms with Crippen LogP contribution in [-0.4, -0.2) is 11.1 Å². The number of anilines is 1. The van der Waals surface area contributed by atoms with Crippen LogP contribution in [0.5, 0.6) is 0 Å². The Morgan fingerprint density at radius 2 is 2.10 bits per heavy atom. The van der Waals surface area contributed by atoms with Gasteiger partial charge in [-0.2, -0.15) is 0 Å². The zero-order valence-corrected chi connectivity index (χ0v) is 13.9. The van der Waals surface area contributed by atoms with Crippen LogP contribution in [0.15, 0.2) is 41.0 Å². The monoisotopic (exact) mass is 401 g/mol. The molecule has 1 heterocycles. The van der Waals surface area contributed by atoms with E-state index in [2.05, 4.69) is 27.9 Å². The quantitative estimate of drug-likeness (QED) is 0.458. The Morgan fingerprint density at radius 3 is 2.62 bits per heavy atom. The molecule has 1 aromatic heterocycles. The number of halogens is 1. The lowest BCUT2D eigenvalue weighted by Gasteiger charge is -2.29. The summed E-state index contributed by atoms with van der Waals surface area (Å²) in [5.41, 5.74) is 0.264. The third-order valence-corrected chi connectivity index (χ3v) is 3.60. The molecule has 21 heavy (non-hydrogen) atoms. The molecular formula is C15H16INO4. The Bertz CT molecular complexity index is 623. The molecule has 1 aromatic carbocycles. The van der Waals surface area contributed by atoms with Gasteiger partial charge in [-0.1, -0.05) is 0 Å². The molecule has 1 unspecified atom stereocenters. The summed E-state index contributed by atoms with van der Waals surface area (Å²) in [6.07, 6.45) is 1.44. The fourth-order valence-corrected chi connectivity index (χ4v) is 2.30. The summed E-state index contributed by atoms with van der Waals surface area (Å²) in [4.78, 5) is 11.4. The lowest BCUT2D eigenvalue weighted by atomic mass is 10.1. The van der Waals surface area contributed by atoms with Crippen LogP contribution in [0.1, 0.15) is 25.2 Å². The molecule has 0 saturated heterocycles. The smallest absolute Gasteiger partial charge is 0.305 e. The third-order valence-electron chi connectivity index (χ3n) is 2.88. The second-order valence-electron chi connectivity index (χ2n) is 4.74. The van der Waals surface area contributed by atoms with E-state index in [4.69, 9.17) is 14.3 Å². The van der Waals surface area contributed by atoms with Crippen LogP contribution in [0.2, 0.25) is 0 Å². The maximum absolute atomic E-state index is 11.4. The molecule has 0 saturated carbocycles. The van der Waals surface area contributed by atoms with Crippen molar-refractivity contribution in [3.63, 3.8) is 0 Å². The summed E-state index contributed by atoms with van der Waals surface area (Å²) in [7, 11) is 0. The van der Waals surface area contributed by atoms with Crippen LogP contribution in [0.25, 0.3) is 0 Å². The van der Waals surface area contributed by atoms with Crippen molar-refractivity contribution in [1.29, 1.82) is 0 Å². The van der Waals surface area contributed by atoms with Gasteiger partial charge in [-0.3, -0.25) is 4.79 Å². The van der Waals surface area contributed by atoms with Crippen molar-refractivity contribution in [2.24, 2.45) is 0 Å². The summed E-state index contributed by atoms with van der Waals surface area (Å²) in [6, 6.07) is 9.32. The standard InChI is InChI=1S/C15H16INO4/c1-10(19)21-15(2,14-7-11(8-18)9-20-14)17-13-5-3-12(16)4-6-13/h3-7,9,17-18H,8H2,1-2H3. The Morgan fingerprint density at radius 1 is 1.43 bits per heavy atom. The van der Waals surface area contributed by atoms with E-state index in [1.54, 1.807) is 13.0 Å². The number of carbonyl (C=O) groups excluding carboxylic acids is 1. The van der Waals surface area contributed by atoms with Crippen LogP contribution in [0.3, 0.4) is 0 Å². The molecule has 0 aliphatic carbocycles. The number of hydrogen-bond donors (Lipinski definition) is 2. The number of nitrogens with one attached hydrogen (secondary N) is 1. The van der Waals surface area contributed by atoms with E-state index >= 15 is 0 Å². The van der Waals surface area contributed by atoms with E-state index in [1.165, 1.54) is 13.2 Å². The first-order chi connectivity index (χ1) is 9.93. The highest BCUT2D eigenvalue weighted by Crippen LogP contribution is 2.29. The van der Waals surface area contributed by atoms with Gasteiger partial charge < -0.3 is 19.6 Å². The fraction of sp³-hybridized carbons (Fsp3) is 0.267. The van der Waals surface area contributed by atoms with E-state index in [1.807, 2.05) is 24.3 Å². The number of ether oxygens (including phenoxy) is 1. The molecule has 2 aromatic rings. The molecule has 112 valence electrons. The highest BCUT2D eigenvalue weighted by molar-refractivity contribution is 14.1. The molecular weight excluding hydrogens is 385 g/mol. The Balaban J connectivity index is 2.31. The van der Waals surface area contributed by atoms with Crippen LogP contribution in [0.4, 0.5) is 5.69 Å². The van der Waals surface area contributed by atoms with Crippen LogP contribution in [-0.2, 0) is 21.9 Å². The van der Waals surface area contributed by atoms with Gasteiger partial charge >= 0.3 is 5.97 Å². The third kappa shape index (κ3) is 3.98. The van der Waals surface area contributed by atoms with Crippen LogP contribution in [0, 0.1) is 3.57 Å². The van der Waals surface area contributed by atoms with Gasteiger partial charge in [0.15, 0.2) is 5.76 Å². The molecule has 0 bridgehead atoms. The summed E-state index contributed by atoms with van der Waals surface area (Å²) in [5.74, 6) is -0.0160. The van der Waals surface area contributed by atoms with E-state index < -0.39 is 11.7 Å². The largest absolute Gasteiger partial charge is 0.463 e. The van der Waals surface area contributed by atoms with E-state index in [9.17, 15) is 4.79 Å². The normalized spacial score (nSPS) is 13.5. The van der Waals surface area contributed by atoms with Crippen molar-refractivity contribution in [3.8, 4) is 0 Å². The molecule has 0 aliphatic rings. The summed E-state index contributed by atoms with van der Waals surface area (Å²) >= 11 is 2.21. The topological polar surface area (TPSA) is 71.7 Å². The molecule has 2 rings (SSSR count). The zero-order chi connectivity index (χ0) is 15.5. The summed E-state index contributed by atoms with van der Waals surface area (Å²) in [6.45, 7) is 2.90. The minimum absolute atomic E-state index is 0.136. The van der Waals surface area contributed by atoms with E-state index in [0.717, 1.165) is 9.26 Å². The minimum atomic E-state index is -1.15. The van der Waals surface area contributed by atoms with Gasteiger partial charge in [-0.25, -0.2) is 0 Å². The van der Waals surface area contributed by atoms with Crippen molar-refractivity contribution in [2.75, 3.05) is 5.32 Å². The van der Waals surface area contributed by atoms with Crippen molar-refractivity contribution in [2.45, 2.75) is 26.2 Å². The summed E-state index contributed by atoms with van der Waals surface area (Å²) in [5, 5.41) is 12.3. The molecule has 6 heteroatoms. The van der Waals surface area contributed by atoms with Gasteiger partial charge in [0.1, 0.15) is 0 Å². The predicted octanol–water partition coefficient (Wildman–Crippen LogP) is 3.22. The Hall–Kier alpha value is -1.54. The lowest BCUT2D eigenvalue weighted by Crippen LogP contribution is -2.36. The molecule has 0 aliphatic heterocycles. The number of aliphatic hydroxyl groups excluding tert-OH is 1. The number of aliphatic hydroxyl groups is 1. The number of rotatable bonds is 5. The lowest BCUT2D eigenvalue weighted by molar-refractivity contribution is -0.155. The Labute approximate surface area is 136 Å². The van der Waals surface area contributed by atoms with Crippen molar-refractivity contribution >= 4 is 34.2 Å². The second kappa shape index (κ2) is 6.48. The average Bonchev–Trinajstić information content (AvgIpc) is 2.90. The van der Waals surface area contributed by atoms with Crippen molar-refractivity contribution in [1.82, 2.24) is 0 Å².